The van der Waals surface area contributed by atoms with Crippen LogP contribution in [0, 0.1) is 0 Å². The van der Waals surface area contributed by atoms with Crippen molar-refractivity contribution in [1.29, 1.82) is 0 Å². The number of carbonyl (C=O) groups is 2. The molecule has 1 heterocycles. The van der Waals surface area contributed by atoms with Gasteiger partial charge in [0.2, 0.25) is 5.91 Å². The molecule has 1 aliphatic rings. The van der Waals surface area contributed by atoms with Gasteiger partial charge in [0.15, 0.2) is 0 Å². The Hall–Kier alpha value is -2.84. The zero-order valence-corrected chi connectivity index (χ0v) is 18.9. The van der Waals surface area contributed by atoms with Crippen molar-refractivity contribution in [2.24, 2.45) is 0 Å². The average molecular weight is 482 g/mol. The van der Waals surface area contributed by atoms with Gasteiger partial charge in [0.05, 0.1) is 17.7 Å². The Labute approximate surface area is 194 Å². The molecule has 1 amide bonds. The van der Waals surface area contributed by atoms with Gasteiger partial charge in [0.25, 0.3) is 0 Å². The molecule has 0 spiro atoms. The highest BCUT2D eigenvalue weighted by molar-refractivity contribution is 6.30. The molecule has 0 saturated heterocycles. The summed E-state index contributed by atoms with van der Waals surface area (Å²) < 4.78 is 49.4. The third-order valence-corrected chi connectivity index (χ3v) is 5.71. The SMILES string of the molecule is COCCN1C(=O)CC(c2ccc(Cl)cc2)C(C(=O)OCc2cccc(C(F)(F)F)c2)=C1C. The second-order valence-corrected chi connectivity index (χ2v) is 8.06. The molecule has 0 fully saturated rings. The Morgan fingerprint density at radius 3 is 2.52 bits per heavy atom. The van der Waals surface area contributed by atoms with Gasteiger partial charge in [-0.1, -0.05) is 35.9 Å². The van der Waals surface area contributed by atoms with E-state index in [1.807, 2.05) is 0 Å². The number of esters is 1. The molecule has 33 heavy (non-hydrogen) atoms. The maximum Gasteiger partial charge on any atom is 0.416 e. The molecule has 0 N–H and O–H groups in total. The van der Waals surface area contributed by atoms with Crippen LogP contribution in [0.2, 0.25) is 5.02 Å². The van der Waals surface area contributed by atoms with Gasteiger partial charge in [-0.05, 0) is 42.3 Å². The monoisotopic (exact) mass is 481 g/mol. The number of amides is 1. The van der Waals surface area contributed by atoms with E-state index in [1.54, 1.807) is 31.2 Å². The van der Waals surface area contributed by atoms with Crippen LogP contribution in [0.5, 0.6) is 0 Å². The molecule has 1 atom stereocenters. The fourth-order valence-corrected chi connectivity index (χ4v) is 3.91. The second kappa shape index (κ2) is 10.4. The number of hydrogen-bond acceptors (Lipinski definition) is 4. The van der Waals surface area contributed by atoms with Crippen LogP contribution >= 0.6 is 11.6 Å². The number of rotatable bonds is 7. The van der Waals surface area contributed by atoms with E-state index in [4.69, 9.17) is 21.1 Å². The molecule has 3 rings (SSSR count). The smallest absolute Gasteiger partial charge is 0.416 e. The van der Waals surface area contributed by atoms with Crippen molar-refractivity contribution in [2.75, 3.05) is 20.3 Å². The van der Waals surface area contributed by atoms with Crippen molar-refractivity contribution in [3.8, 4) is 0 Å². The number of benzene rings is 2. The van der Waals surface area contributed by atoms with Gasteiger partial charge in [-0.25, -0.2) is 4.79 Å². The maximum atomic E-state index is 13.1. The number of nitrogens with zero attached hydrogens (tertiary/aromatic N) is 1. The van der Waals surface area contributed by atoms with Gasteiger partial charge in [0.1, 0.15) is 6.61 Å². The average Bonchev–Trinajstić information content (AvgIpc) is 2.77. The molecular weight excluding hydrogens is 459 g/mol. The van der Waals surface area contributed by atoms with Gasteiger partial charge in [-0.3, -0.25) is 4.79 Å². The van der Waals surface area contributed by atoms with Crippen LogP contribution in [0.1, 0.15) is 36.0 Å². The molecule has 0 bridgehead atoms. The Kier molecular flexibility index (Phi) is 7.81. The zero-order valence-electron chi connectivity index (χ0n) is 18.1. The Morgan fingerprint density at radius 2 is 1.88 bits per heavy atom. The van der Waals surface area contributed by atoms with Crippen molar-refractivity contribution in [2.45, 2.75) is 32.0 Å². The topological polar surface area (TPSA) is 55.8 Å². The first kappa shape index (κ1) is 24.8. The summed E-state index contributed by atoms with van der Waals surface area (Å²) in [6, 6.07) is 11.4. The lowest BCUT2D eigenvalue weighted by atomic mass is 9.83. The number of allylic oxidation sites excluding steroid dienone is 1. The van der Waals surface area contributed by atoms with Crippen LogP contribution < -0.4 is 0 Å². The molecule has 0 saturated carbocycles. The quantitative estimate of drug-likeness (QED) is 0.501. The van der Waals surface area contributed by atoms with Gasteiger partial charge in [-0.2, -0.15) is 13.2 Å². The Morgan fingerprint density at radius 1 is 1.18 bits per heavy atom. The molecule has 9 heteroatoms. The molecule has 1 aliphatic heterocycles. The minimum atomic E-state index is -4.50. The van der Waals surface area contributed by atoms with E-state index in [0.717, 1.165) is 12.1 Å². The third-order valence-electron chi connectivity index (χ3n) is 5.46. The van der Waals surface area contributed by atoms with Crippen LogP contribution in [0.4, 0.5) is 13.2 Å². The number of halogens is 4. The first-order valence-electron chi connectivity index (χ1n) is 10.2. The summed E-state index contributed by atoms with van der Waals surface area (Å²) in [6.07, 6.45) is -4.46. The lowest BCUT2D eigenvalue weighted by Crippen LogP contribution is -2.40. The van der Waals surface area contributed by atoms with E-state index < -0.39 is 23.6 Å². The Bertz CT molecular complexity index is 1050. The van der Waals surface area contributed by atoms with E-state index >= 15 is 0 Å². The van der Waals surface area contributed by atoms with Crippen molar-refractivity contribution in [3.63, 3.8) is 0 Å². The number of alkyl halides is 3. The lowest BCUT2D eigenvalue weighted by molar-refractivity contribution is -0.141. The maximum absolute atomic E-state index is 13.1. The number of hydrogen-bond donors (Lipinski definition) is 0. The summed E-state index contributed by atoms with van der Waals surface area (Å²) in [5.41, 5.74) is 0.809. The number of ether oxygens (including phenoxy) is 2. The van der Waals surface area contributed by atoms with Crippen molar-refractivity contribution >= 4 is 23.5 Å². The molecule has 0 radical (unpaired) electrons. The minimum absolute atomic E-state index is 0.0384. The first-order valence-corrected chi connectivity index (χ1v) is 10.6. The van der Waals surface area contributed by atoms with E-state index in [-0.39, 0.29) is 43.2 Å². The molecule has 0 aliphatic carbocycles. The van der Waals surface area contributed by atoms with Crippen LogP contribution in [-0.2, 0) is 31.8 Å². The summed E-state index contributed by atoms with van der Waals surface area (Å²) in [5, 5.41) is 0.511. The highest BCUT2D eigenvalue weighted by Gasteiger charge is 2.37. The molecular formula is C24H23ClF3NO4. The summed E-state index contributed by atoms with van der Waals surface area (Å²) in [4.78, 5) is 27.4. The number of carbonyl (C=O) groups excluding carboxylic acids is 2. The van der Waals surface area contributed by atoms with Gasteiger partial charge in [0, 0.05) is 36.7 Å². The van der Waals surface area contributed by atoms with Crippen molar-refractivity contribution in [1.82, 2.24) is 4.90 Å². The second-order valence-electron chi connectivity index (χ2n) is 7.62. The Balaban J connectivity index is 1.90. The molecule has 0 aromatic heterocycles. The first-order chi connectivity index (χ1) is 15.6. The standard InChI is InChI=1S/C24H23ClF3NO4/c1-15-22(23(31)33-14-16-4-3-5-18(12-16)24(26,27)28)20(17-6-8-19(25)9-7-17)13-21(30)29(15)10-11-32-2/h3-9,12,20H,10-11,13-14H2,1-2H3. The van der Waals surface area contributed by atoms with Crippen LogP contribution in [0.3, 0.4) is 0 Å². The predicted molar refractivity (Wildman–Crippen MR) is 116 cm³/mol. The summed E-state index contributed by atoms with van der Waals surface area (Å²) in [5.74, 6) is -1.43. The fourth-order valence-electron chi connectivity index (χ4n) is 3.78. The molecule has 176 valence electrons. The largest absolute Gasteiger partial charge is 0.457 e. The molecule has 2 aromatic rings. The lowest BCUT2D eigenvalue weighted by Gasteiger charge is -2.34. The molecule has 5 nitrogen and oxygen atoms in total. The van der Waals surface area contributed by atoms with E-state index in [0.29, 0.717) is 16.3 Å². The zero-order chi connectivity index (χ0) is 24.2. The van der Waals surface area contributed by atoms with E-state index in [9.17, 15) is 22.8 Å². The third kappa shape index (κ3) is 5.94. The summed E-state index contributed by atoms with van der Waals surface area (Å²) >= 11 is 5.98. The van der Waals surface area contributed by atoms with Gasteiger partial charge in [-0.15, -0.1) is 0 Å². The summed E-state index contributed by atoms with van der Waals surface area (Å²) in [7, 11) is 1.51. The fraction of sp³-hybridized carbons (Fsp3) is 0.333. The molecule has 2 aromatic carbocycles. The highest BCUT2D eigenvalue weighted by Crippen LogP contribution is 2.37. The highest BCUT2D eigenvalue weighted by atomic mass is 35.5. The number of methoxy groups -OCH3 is 1. The normalized spacial score (nSPS) is 16.8. The van der Waals surface area contributed by atoms with Crippen molar-refractivity contribution < 1.29 is 32.2 Å². The van der Waals surface area contributed by atoms with Crippen LogP contribution in [0.15, 0.2) is 59.8 Å². The van der Waals surface area contributed by atoms with Gasteiger partial charge < -0.3 is 14.4 Å². The van der Waals surface area contributed by atoms with E-state index in [2.05, 4.69) is 0 Å². The van der Waals surface area contributed by atoms with Crippen LogP contribution in [-0.4, -0.2) is 37.0 Å². The van der Waals surface area contributed by atoms with E-state index in [1.165, 1.54) is 24.1 Å². The molecule has 1 unspecified atom stereocenters. The summed E-state index contributed by atoms with van der Waals surface area (Å²) in [6.45, 7) is 1.86. The van der Waals surface area contributed by atoms with Gasteiger partial charge >= 0.3 is 12.1 Å². The minimum Gasteiger partial charge on any atom is -0.457 e. The predicted octanol–water partition coefficient (Wildman–Crippen LogP) is 5.34. The van der Waals surface area contributed by atoms with Crippen molar-refractivity contribution in [3.05, 3.63) is 81.5 Å². The van der Waals surface area contributed by atoms with Crippen LogP contribution in [0.25, 0.3) is 0 Å².